The number of hydrogen-bond acceptors (Lipinski definition) is 4. The van der Waals surface area contributed by atoms with E-state index in [1.54, 1.807) is 0 Å². The highest BCUT2D eigenvalue weighted by molar-refractivity contribution is 6.30. The van der Waals surface area contributed by atoms with E-state index in [9.17, 15) is 4.79 Å². The number of guanidine groups is 1. The molecule has 0 saturated carbocycles. The molecule has 7 nitrogen and oxygen atoms in total. The largest absolute Gasteiger partial charge is 0.368 e. The number of benzene rings is 2. The van der Waals surface area contributed by atoms with Crippen LogP contribution in [0.4, 0.5) is 11.4 Å². The molecule has 1 aliphatic rings. The number of carbonyl (C=O) groups is 1. The summed E-state index contributed by atoms with van der Waals surface area (Å²) in [6.07, 6.45) is 0. The Balaban J connectivity index is 1.52. The second-order valence-electron chi connectivity index (χ2n) is 7.84. The number of rotatable bonds is 6. The van der Waals surface area contributed by atoms with Gasteiger partial charge in [0.25, 0.3) is 0 Å². The second kappa shape index (κ2) is 11.0. The van der Waals surface area contributed by atoms with Crippen LogP contribution in [-0.2, 0) is 11.3 Å². The fourth-order valence-corrected chi connectivity index (χ4v) is 3.79. The van der Waals surface area contributed by atoms with Gasteiger partial charge in [0.2, 0.25) is 5.91 Å². The molecule has 1 fully saturated rings. The zero-order valence-electron chi connectivity index (χ0n) is 18.4. The number of likely N-dealkylation sites (N-methyl/N-ethyl adjacent to an activating group) is 1. The smallest absolute Gasteiger partial charge is 0.238 e. The topological polar surface area (TPSA) is 63.2 Å². The first kappa shape index (κ1) is 22.9. The molecule has 1 heterocycles. The Morgan fingerprint density at radius 1 is 1.10 bits per heavy atom. The molecule has 0 radical (unpaired) electrons. The standard InChI is InChI=1S/C23H31ClN6O/c1-25-23(30-12-10-29(11-13-30)21-9-5-7-19(24)15-21)26-16-18-6-4-8-20(14-18)27-22(31)17-28(2)3/h4-9,14-15H,10-13,16-17H2,1-3H3,(H,25,26)(H,27,31). The normalized spacial score (nSPS) is 14.7. The fourth-order valence-electron chi connectivity index (χ4n) is 3.61. The molecule has 1 aliphatic heterocycles. The molecule has 0 aliphatic carbocycles. The number of carbonyl (C=O) groups excluding carboxylic acids is 1. The molecule has 0 aromatic heterocycles. The molecule has 31 heavy (non-hydrogen) atoms. The zero-order chi connectivity index (χ0) is 22.2. The van der Waals surface area contributed by atoms with E-state index in [2.05, 4.69) is 31.5 Å². The van der Waals surface area contributed by atoms with Gasteiger partial charge >= 0.3 is 0 Å². The molecule has 2 aromatic carbocycles. The lowest BCUT2D eigenvalue weighted by molar-refractivity contribution is -0.116. The number of aliphatic imine (C=N–C) groups is 1. The van der Waals surface area contributed by atoms with Crippen molar-refractivity contribution >= 4 is 34.8 Å². The molecule has 2 aromatic rings. The number of nitrogens with zero attached hydrogens (tertiary/aromatic N) is 4. The minimum atomic E-state index is -0.0245. The van der Waals surface area contributed by atoms with E-state index >= 15 is 0 Å². The van der Waals surface area contributed by atoms with Crippen molar-refractivity contribution < 1.29 is 4.79 Å². The molecule has 0 bridgehead atoms. The van der Waals surface area contributed by atoms with Gasteiger partial charge in [0.1, 0.15) is 0 Å². The molecule has 0 spiro atoms. The number of nitrogens with one attached hydrogen (secondary N) is 2. The SMILES string of the molecule is CN=C(NCc1cccc(NC(=O)CN(C)C)c1)N1CCN(c2cccc(Cl)c2)CC1. The van der Waals surface area contributed by atoms with E-state index in [0.29, 0.717) is 13.1 Å². The van der Waals surface area contributed by atoms with Gasteiger partial charge in [-0.15, -0.1) is 0 Å². The summed E-state index contributed by atoms with van der Waals surface area (Å²) >= 11 is 6.13. The van der Waals surface area contributed by atoms with Crippen LogP contribution in [0.2, 0.25) is 5.02 Å². The fraction of sp³-hybridized carbons (Fsp3) is 0.391. The highest BCUT2D eigenvalue weighted by atomic mass is 35.5. The second-order valence-corrected chi connectivity index (χ2v) is 8.28. The van der Waals surface area contributed by atoms with Crippen molar-refractivity contribution in [3.8, 4) is 0 Å². The van der Waals surface area contributed by atoms with Gasteiger partial charge in [-0.3, -0.25) is 9.79 Å². The summed E-state index contributed by atoms with van der Waals surface area (Å²) in [6.45, 7) is 4.58. The Labute approximate surface area is 189 Å². The van der Waals surface area contributed by atoms with E-state index < -0.39 is 0 Å². The molecule has 1 saturated heterocycles. The van der Waals surface area contributed by atoms with E-state index in [1.165, 1.54) is 0 Å². The average Bonchev–Trinajstić information content (AvgIpc) is 2.74. The molecule has 1 amide bonds. The first-order valence-electron chi connectivity index (χ1n) is 10.4. The summed E-state index contributed by atoms with van der Waals surface area (Å²) < 4.78 is 0. The Hall–Kier alpha value is -2.77. The summed E-state index contributed by atoms with van der Waals surface area (Å²) in [4.78, 5) is 22.9. The van der Waals surface area contributed by atoms with Crippen LogP contribution in [0.5, 0.6) is 0 Å². The minimum absolute atomic E-state index is 0.0245. The maximum absolute atomic E-state index is 12.0. The van der Waals surface area contributed by atoms with Crippen molar-refractivity contribution in [2.75, 3.05) is 64.1 Å². The van der Waals surface area contributed by atoms with Crippen molar-refractivity contribution in [2.24, 2.45) is 4.99 Å². The predicted molar refractivity (Wildman–Crippen MR) is 129 cm³/mol. The Kier molecular flexibility index (Phi) is 8.14. The van der Waals surface area contributed by atoms with Crippen molar-refractivity contribution in [3.05, 3.63) is 59.1 Å². The Morgan fingerprint density at radius 3 is 2.52 bits per heavy atom. The predicted octanol–water partition coefficient (Wildman–Crippen LogP) is 2.74. The summed E-state index contributed by atoms with van der Waals surface area (Å²) in [5, 5.41) is 7.15. The zero-order valence-corrected chi connectivity index (χ0v) is 19.2. The van der Waals surface area contributed by atoms with Gasteiger partial charge in [0.15, 0.2) is 5.96 Å². The molecular formula is C23H31ClN6O. The quantitative estimate of drug-likeness (QED) is 0.532. The lowest BCUT2D eigenvalue weighted by Gasteiger charge is -2.37. The number of anilines is 2. The van der Waals surface area contributed by atoms with Gasteiger partial charge in [-0.1, -0.05) is 29.8 Å². The van der Waals surface area contributed by atoms with Crippen LogP contribution >= 0.6 is 11.6 Å². The van der Waals surface area contributed by atoms with Crippen molar-refractivity contribution in [2.45, 2.75) is 6.54 Å². The minimum Gasteiger partial charge on any atom is -0.368 e. The highest BCUT2D eigenvalue weighted by Crippen LogP contribution is 2.21. The summed E-state index contributed by atoms with van der Waals surface area (Å²) in [5.41, 5.74) is 3.04. The van der Waals surface area contributed by atoms with Gasteiger partial charge in [-0.05, 0) is 50.0 Å². The summed E-state index contributed by atoms with van der Waals surface area (Å²) in [5.74, 6) is 0.858. The van der Waals surface area contributed by atoms with E-state index in [4.69, 9.17) is 11.6 Å². The Bertz CT molecular complexity index is 908. The third-order valence-electron chi connectivity index (χ3n) is 5.09. The molecule has 3 rings (SSSR count). The Morgan fingerprint density at radius 2 is 1.84 bits per heavy atom. The van der Waals surface area contributed by atoms with Crippen LogP contribution in [0.25, 0.3) is 0 Å². The van der Waals surface area contributed by atoms with Gasteiger partial charge < -0.3 is 25.3 Å². The first-order chi connectivity index (χ1) is 14.9. The summed E-state index contributed by atoms with van der Waals surface area (Å²) in [6, 6.07) is 15.9. The van der Waals surface area contributed by atoms with Gasteiger partial charge in [0, 0.05) is 56.2 Å². The number of piperazine rings is 1. The lowest BCUT2D eigenvalue weighted by Crippen LogP contribution is -2.52. The molecule has 166 valence electrons. The van der Waals surface area contributed by atoms with Crippen LogP contribution in [0.15, 0.2) is 53.5 Å². The van der Waals surface area contributed by atoms with E-state index in [0.717, 1.165) is 54.1 Å². The number of halogens is 1. The van der Waals surface area contributed by atoms with Crippen LogP contribution in [0.3, 0.4) is 0 Å². The molecule has 0 atom stereocenters. The maximum Gasteiger partial charge on any atom is 0.238 e. The van der Waals surface area contributed by atoms with Crippen LogP contribution in [-0.4, -0.2) is 75.5 Å². The van der Waals surface area contributed by atoms with Crippen LogP contribution < -0.4 is 15.5 Å². The monoisotopic (exact) mass is 442 g/mol. The van der Waals surface area contributed by atoms with Gasteiger partial charge in [-0.25, -0.2) is 0 Å². The van der Waals surface area contributed by atoms with Crippen molar-refractivity contribution in [1.82, 2.24) is 15.1 Å². The van der Waals surface area contributed by atoms with Crippen LogP contribution in [0, 0.1) is 0 Å². The van der Waals surface area contributed by atoms with E-state index in [-0.39, 0.29) is 5.91 Å². The molecule has 2 N–H and O–H groups in total. The van der Waals surface area contributed by atoms with Crippen molar-refractivity contribution in [1.29, 1.82) is 0 Å². The third kappa shape index (κ3) is 6.87. The van der Waals surface area contributed by atoms with Gasteiger partial charge in [-0.2, -0.15) is 0 Å². The van der Waals surface area contributed by atoms with Crippen LogP contribution in [0.1, 0.15) is 5.56 Å². The molecule has 0 unspecified atom stereocenters. The van der Waals surface area contributed by atoms with Gasteiger partial charge in [0.05, 0.1) is 6.54 Å². The average molecular weight is 443 g/mol. The van der Waals surface area contributed by atoms with E-state index in [1.807, 2.05) is 68.5 Å². The highest BCUT2D eigenvalue weighted by Gasteiger charge is 2.20. The summed E-state index contributed by atoms with van der Waals surface area (Å²) in [7, 11) is 5.56. The number of amides is 1. The first-order valence-corrected chi connectivity index (χ1v) is 10.8. The molecule has 8 heteroatoms. The maximum atomic E-state index is 12.0. The molecular weight excluding hydrogens is 412 g/mol. The lowest BCUT2D eigenvalue weighted by atomic mass is 10.2. The third-order valence-corrected chi connectivity index (χ3v) is 5.32. The van der Waals surface area contributed by atoms with Crippen molar-refractivity contribution in [3.63, 3.8) is 0 Å². The number of hydrogen-bond donors (Lipinski definition) is 2.